The number of nitro benzene ring substituents is 1. The molecule has 0 aliphatic heterocycles. The minimum atomic E-state index is -4.29. The Balaban J connectivity index is 2.06. The second-order valence-corrected chi connectivity index (χ2v) is 9.76. The van der Waals surface area contributed by atoms with Gasteiger partial charge in [0.25, 0.3) is 15.7 Å². The number of hydrogen-bond acceptors (Lipinski definition) is 6. The average molecular weight is 511 g/mol. The molecule has 0 spiro atoms. The van der Waals surface area contributed by atoms with Crippen LogP contribution in [0.5, 0.6) is 0 Å². The summed E-state index contributed by atoms with van der Waals surface area (Å²) in [6, 6.07) is 20.6. The second kappa shape index (κ2) is 11.5. The number of rotatable bonds is 10. The number of sulfonamides is 1. The fraction of sp³-hybridized carbons (Fsp3) is 0.200. The molecule has 188 valence electrons. The van der Waals surface area contributed by atoms with Crippen molar-refractivity contribution in [3.8, 4) is 0 Å². The summed E-state index contributed by atoms with van der Waals surface area (Å²) in [5.41, 5.74) is 0.371. The van der Waals surface area contributed by atoms with Crippen molar-refractivity contribution in [2.24, 2.45) is 0 Å². The summed E-state index contributed by atoms with van der Waals surface area (Å²) in [7, 11) is -2.84. The summed E-state index contributed by atoms with van der Waals surface area (Å²) in [4.78, 5) is 37.9. The maximum Gasteiger partial charge on any atom is 0.271 e. The fourth-order valence-corrected chi connectivity index (χ4v) is 5.01. The van der Waals surface area contributed by atoms with Crippen LogP contribution < -0.4 is 9.62 Å². The zero-order valence-electron chi connectivity index (χ0n) is 19.8. The van der Waals surface area contributed by atoms with E-state index >= 15 is 0 Å². The highest BCUT2D eigenvalue weighted by Crippen LogP contribution is 2.27. The van der Waals surface area contributed by atoms with E-state index in [1.54, 1.807) is 37.3 Å². The van der Waals surface area contributed by atoms with Gasteiger partial charge in [-0.15, -0.1) is 0 Å². The lowest BCUT2D eigenvalue weighted by Gasteiger charge is -2.31. The fourth-order valence-electron chi connectivity index (χ4n) is 3.58. The Bertz CT molecular complexity index is 1330. The van der Waals surface area contributed by atoms with Crippen LogP contribution in [0.4, 0.5) is 11.4 Å². The number of nitro groups is 1. The molecule has 0 aromatic heterocycles. The van der Waals surface area contributed by atoms with Crippen molar-refractivity contribution in [2.45, 2.75) is 24.4 Å². The van der Waals surface area contributed by atoms with Gasteiger partial charge in [0.05, 0.1) is 15.5 Å². The molecule has 36 heavy (non-hydrogen) atoms. The monoisotopic (exact) mass is 510 g/mol. The molecule has 1 N–H and O–H groups in total. The highest BCUT2D eigenvalue weighted by molar-refractivity contribution is 7.92. The Morgan fingerprint density at radius 1 is 0.972 bits per heavy atom. The summed E-state index contributed by atoms with van der Waals surface area (Å²) in [6.07, 6.45) is 0. The molecule has 2 amide bonds. The largest absolute Gasteiger partial charge is 0.357 e. The van der Waals surface area contributed by atoms with E-state index in [1.807, 2.05) is 6.07 Å². The number of nitrogens with zero attached hydrogens (tertiary/aromatic N) is 3. The van der Waals surface area contributed by atoms with E-state index in [9.17, 15) is 28.1 Å². The van der Waals surface area contributed by atoms with Crippen molar-refractivity contribution in [3.05, 3.63) is 101 Å². The van der Waals surface area contributed by atoms with E-state index < -0.39 is 39.3 Å². The van der Waals surface area contributed by atoms with Gasteiger partial charge in [-0.3, -0.25) is 24.0 Å². The summed E-state index contributed by atoms with van der Waals surface area (Å²) in [6.45, 7) is 0.929. The lowest BCUT2D eigenvalue weighted by Crippen LogP contribution is -2.50. The smallest absolute Gasteiger partial charge is 0.271 e. The molecule has 0 saturated heterocycles. The normalized spacial score (nSPS) is 11.8. The number of anilines is 1. The lowest BCUT2D eigenvalue weighted by atomic mass is 10.1. The van der Waals surface area contributed by atoms with Crippen LogP contribution in [0, 0.1) is 10.1 Å². The van der Waals surface area contributed by atoms with E-state index in [0.29, 0.717) is 0 Å². The van der Waals surface area contributed by atoms with Gasteiger partial charge in [-0.2, -0.15) is 0 Å². The Morgan fingerprint density at radius 2 is 1.58 bits per heavy atom. The first-order valence-electron chi connectivity index (χ1n) is 11.0. The van der Waals surface area contributed by atoms with E-state index in [1.165, 1.54) is 54.4 Å². The number of carbonyl (C=O) groups excluding carboxylic acids is 2. The SMILES string of the molecule is CNC(=O)C(C)N(Cc1ccccc1)C(=O)CN(c1cccc([N+](=O)[O-])c1)S(=O)(=O)c1ccccc1. The summed E-state index contributed by atoms with van der Waals surface area (Å²) in [5.74, 6) is -1.08. The van der Waals surface area contributed by atoms with Gasteiger partial charge in [-0.1, -0.05) is 54.6 Å². The van der Waals surface area contributed by atoms with Crippen molar-refractivity contribution in [2.75, 3.05) is 17.9 Å². The Kier molecular flexibility index (Phi) is 8.38. The molecule has 11 heteroatoms. The Hall–Kier alpha value is -4.25. The molecule has 3 rings (SSSR count). The third-order valence-corrected chi connectivity index (χ3v) is 7.34. The Morgan fingerprint density at radius 3 is 2.17 bits per heavy atom. The third-order valence-electron chi connectivity index (χ3n) is 5.55. The molecule has 0 bridgehead atoms. The van der Waals surface area contributed by atoms with Crippen LogP contribution in [-0.2, 0) is 26.2 Å². The van der Waals surface area contributed by atoms with Gasteiger partial charge in [-0.05, 0) is 30.7 Å². The van der Waals surface area contributed by atoms with E-state index in [2.05, 4.69) is 5.32 Å². The zero-order chi connectivity index (χ0) is 26.3. The molecule has 0 aliphatic carbocycles. The van der Waals surface area contributed by atoms with Crippen molar-refractivity contribution in [3.63, 3.8) is 0 Å². The van der Waals surface area contributed by atoms with Gasteiger partial charge in [0.1, 0.15) is 12.6 Å². The number of likely N-dealkylation sites (N-methyl/N-ethyl adjacent to an activating group) is 1. The van der Waals surface area contributed by atoms with Gasteiger partial charge < -0.3 is 10.2 Å². The molecule has 3 aromatic carbocycles. The molecule has 0 heterocycles. The van der Waals surface area contributed by atoms with Gasteiger partial charge in [-0.25, -0.2) is 8.42 Å². The molecular weight excluding hydrogens is 484 g/mol. The molecule has 1 atom stereocenters. The molecule has 0 aliphatic rings. The minimum absolute atomic E-state index is 0.0475. The van der Waals surface area contributed by atoms with Crippen LogP contribution >= 0.6 is 0 Å². The molecule has 0 radical (unpaired) electrons. The van der Waals surface area contributed by atoms with Crippen molar-refractivity contribution < 1.29 is 22.9 Å². The number of non-ortho nitro benzene ring substituents is 1. The first-order valence-corrected chi connectivity index (χ1v) is 12.5. The quantitative estimate of drug-likeness (QED) is 0.330. The highest BCUT2D eigenvalue weighted by atomic mass is 32.2. The molecule has 10 nitrogen and oxygen atoms in total. The highest BCUT2D eigenvalue weighted by Gasteiger charge is 2.32. The molecule has 3 aromatic rings. The van der Waals surface area contributed by atoms with Crippen LogP contribution in [0.25, 0.3) is 0 Å². The van der Waals surface area contributed by atoms with E-state index in [4.69, 9.17) is 0 Å². The first kappa shape index (κ1) is 26.4. The van der Waals surface area contributed by atoms with E-state index in [-0.39, 0.29) is 22.8 Å². The first-order chi connectivity index (χ1) is 17.1. The van der Waals surface area contributed by atoms with Crippen LogP contribution in [0.1, 0.15) is 12.5 Å². The van der Waals surface area contributed by atoms with Gasteiger partial charge in [0, 0.05) is 25.7 Å². The van der Waals surface area contributed by atoms with Crippen LogP contribution in [0.2, 0.25) is 0 Å². The van der Waals surface area contributed by atoms with Gasteiger partial charge in [0.2, 0.25) is 11.8 Å². The van der Waals surface area contributed by atoms with E-state index in [0.717, 1.165) is 15.9 Å². The average Bonchev–Trinajstić information content (AvgIpc) is 2.90. The van der Waals surface area contributed by atoms with Crippen molar-refractivity contribution in [1.29, 1.82) is 0 Å². The zero-order valence-corrected chi connectivity index (χ0v) is 20.6. The van der Waals surface area contributed by atoms with Crippen LogP contribution in [-0.4, -0.2) is 49.7 Å². The standard InChI is InChI=1S/C25H26N4O6S/c1-19(25(31)26-2)27(17-20-10-5-3-6-11-20)24(30)18-28(21-12-9-13-22(16-21)29(32)33)36(34,35)23-14-7-4-8-15-23/h3-16,19H,17-18H2,1-2H3,(H,26,31). The molecular formula is C25H26N4O6S. The predicted molar refractivity (Wildman–Crippen MR) is 135 cm³/mol. The van der Waals surface area contributed by atoms with Crippen LogP contribution in [0.3, 0.4) is 0 Å². The number of benzene rings is 3. The topological polar surface area (TPSA) is 130 Å². The van der Waals surface area contributed by atoms with Gasteiger partial charge in [0.15, 0.2) is 0 Å². The lowest BCUT2D eigenvalue weighted by molar-refractivity contribution is -0.384. The maximum atomic E-state index is 13.6. The molecule has 0 saturated carbocycles. The second-order valence-electron chi connectivity index (χ2n) is 7.90. The maximum absolute atomic E-state index is 13.6. The third kappa shape index (κ3) is 6.05. The van der Waals surface area contributed by atoms with Crippen LogP contribution in [0.15, 0.2) is 89.8 Å². The minimum Gasteiger partial charge on any atom is -0.357 e. The summed E-state index contributed by atoms with van der Waals surface area (Å²) < 4.78 is 28.0. The number of amides is 2. The summed E-state index contributed by atoms with van der Waals surface area (Å²) >= 11 is 0. The molecule has 1 unspecified atom stereocenters. The number of carbonyl (C=O) groups is 2. The molecule has 0 fully saturated rings. The van der Waals surface area contributed by atoms with Gasteiger partial charge >= 0.3 is 0 Å². The van der Waals surface area contributed by atoms with Crippen molar-refractivity contribution in [1.82, 2.24) is 10.2 Å². The summed E-state index contributed by atoms with van der Waals surface area (Å²) in [5, 5.41) is 13.9. The van der Waals surface area contributed by atoms with Crippen molar-refractivity contribution >= 4 is 33.2 Å². The Labute approximate surface area is 209 Å². The number of nitrogens with one attached hydrogen (secondary N) is 1. The number of hydrogen-bond donors (Lipinski definition) is 1. The predicted octanol–water partition coefficient (Wildman–Crippen LogP) is 2.95.